The molecule has 0 saturated heterocycles. The lowest BCUT2D eigenvalue weighted by Gasteiger charge is -2.33. The van der Waals surface area contributed by atoms with Crippen molar-refractivity contribution < 1.29 is 12.8 Å². The molecule has 0 spiro atoms. The fraction of sp³-hybridized carbons (Fsp3) is 0.571. The first-order valence-corrected chi connectivity index (χ1v) is 9.67. The highest BCUT2D eigenvalue weighted by atomic mass is 79.9. The summed E-state index contributed by atoms with van der Waals surface area (Å²) in [5, 5.41) is -0.330. The summed E-state index contributed by atoms with van der Waals surface area (Å²) in [5.74, 6) is 5.40. The third-order valence-corrected chi connectivity index (χ3v) is 6.26. The minimum Gasteiger partial charge on any atom is -0.271 e. The highest BCUT2D eigenvalue weighted by molar-refractivity contribution is 9.10. The van der Waals surface area contributed by atoms with E-state index in [2.05, 4.69) is 21.4 Å². The molecule has 1 aromatic carbocycles. The van der Waals surface area contributed by atoms with Crippen LogP contribution in [0.15, 0.2) is 22.7 Å². The van der Waals surface area contributed by atoms with Crippen molar-refractivity contribution in [3.63, 3.8) is 0 Å². The maximum Gasteiger partial charge on any atom is 0.150 e. The van der Waals surface area contributed by atoms with Gasteiger partial charge in [-0.2, -0.15) is 0 Å². The van der Waals surface area contributed by atoms with Gasteiger partial charge in [0.25, 0.3) is 0 Å². The van der Waals surface area contributed by atoms with E-state index in [4.69, 9.17) is 5.84 Å². The van der Waals surface area contributed by atoms with Gasteiger partial charge in [0.2, 0.25) is 0 Å². The molecule has 2 rings (SSSR count). The molecule has 1 aliphatic rings. The first kappa shape index (κ1) is 16.9. The lowest BCUT2D eigenvalue weighted by Crippen LogP contribution is -2.38. The van der Waals surface area contributed by atoms with Gasteiger partial charge in [0.15, 0.2) is 0 Å². The number of rotatable bonds is 4. The molecule has 4 nitrogen and oxygen atoms in total. The summed E-state index contributed by atoms with van der Waals surface area (Å²) in [6.45, 7) is 0. The summed E-state index contributed by atoms with van der Waals surface area (Å²) in [7, 11) is -3.05. The van der Waals surface area contributed by atoms with Crippen molar-refractivity contribution in [1.82, 2.24) is 5.43 Å². The van der Waals surface area contributed by atoms with E-state index in [9.17, 15) is 12.8 Å². The van der Waals surface area contributed by atoms with Crippen LogP contribution in [-0.2, 0) is 9.84 Å². The Morgan fingerprint density at radius 3 is 2.67 bits per heavy atom. The van der Waals surface area contributed by atoms with Crippen LogP contribution in [0.1, 0.15) is 37.3 Å². The Hall–Kier alpha value is -0.500. The smallest absolute Gasteiger partial charge is 0.150 e. The van der Waals surface area contributed by atoms with Crippen LogP contribution in [0, 0.1) is 11.7 Å². The molecule has 3 unspecified atom stereocenters. The molecule has 0 aliphatic heterocycles. The Labute approximate surface area is 133 Å². The fourth-order valence-electron chi connectivity index (χ4n) is 3.13. The van der Waals surface area contributed by atoms with Crippen LogP contribution in [0.2, 0.25) is 0 Å². The highest BCUT2D eigenvalue weighted by Gasteiger charge is 2.33. The number of sulfone groups is 1. The molecule has 0 bridgehead atoms. The molecular formula is C14H20BrFN2O2S. The van der Waals surface area contributed by atoms with Crippen molar-refractivity contribution in [2.75, 3.05) is 6.26 Å². The predicted molar refractivity (Wildman–Crippen MR) is 84.8 cm³/mol. The zero-order chi connectivity index (χ0) is 15.6. The molecule has 3 atom stereocenters. The zero-order valence-corrected chi connectivity index (χ0v) is 14.3. The number of nitrogens with one attached hydrogen (secondary N) is 1. The SMILES string of the molecule is CS(=O)(=O)C1CCCC(C(NN)c2cc(F)cc(Br)c2)C1. The molecule has 7 heteroatoms. The van der Waals surface area contributed by atoms with Crippen LogP contribution < -0.4 is 11.3 Å². The fourth-order valence-corrected chi connectivity index (χ4v) is 4.81. The monoisotopic (exact) mass is 378 g/mol. The number of hydrazine groups is 1. The van der Waals surface area contributed by atoms with E-state index >= 15 is 0 Å². The molecule has 118 valence electrons. The number of hydrogen-bond acceptors (Lipinski definition) is 4. The lowest BCUT2D eigenvalue weighted by molar-refractivity contribution is 0.274. The summed E-state index contributed by atoms with van der Waals surface area (Å²) in [4.78, 5) is 0. The van der Waals surface area contributed by atoms with Crippen molar-refractivity contribution in [2.24, 2.45) is 11.8 Å². The standard InChI is InChI=1S/C14H20BrFN2O2S/c1-21(19,20)13-4-2-3-9(7-13)14(18-17)10-5-11(15)8-12(16)6-10/h5-6,8-9,13-14,18H,2-4,7,17H2,1H3. The highest BCUT2D eigenvalue weighted by Crippen LogP contribution is 2.37. The van der Waals surface area contributed by atoms with Crippen LogP contribution in [0.25, 0.3) is 0 Å². The van der Waals surface area contributed by atoms with Crippen molar-refractivity contribution in [2.45, 2.75) is 37.0 Å². The van der Waals surface area contributed by atoms with Crippen molar-refractivity contribution in [1.29, 1.82) is 0 Å². The molecule has 1 saturated carbocycles. The normalized spacial score (nSPS) is 24.8. The van der Waals surface area contributed by atoms with E-state index in [1.165, 1.54) is 18.4 Å². The summed E-state index contributed by atoms with van der Waals surface area (Å²) in [6.07, 6.45) is 4.26. The zero-order valence-electron chi connectivity index (χ0n) is 11.9. The molecule has 1 aromatic rings. The number of hydrogen-bond donors (Lipinski definition) is 2. The van der Waals surface area contributed by atoms with Gasteiger partial charge >= 0.3 is 0 Å². The second-order valence-electron chi connectivity index (χ2n) is 5.73. The summed E-state index contributed by atoms with van der Waals surface area (Å²) in [5.41, 5.74) is 3.47. The molecule has 0 radical (unpaired) electrons. The van der Waals surface area contributed by atoms with Gasteiger partial charge in [-0.25, -0.2) is 12.8 Å². The molecule has 0 heterocycles. The topological polar surface area (TPSA) is 72.2 Å². The average molecular weight is 379 g/mol. The number of benzene rings is 1. The van der Waals surface area contributed by atoms with Crippen LogP contribution in [-0.4, -0.2) is 19.9 Å². The quantitative estimate of drug-likeness (QED) is 0.623. The maximum atomic E-state index is 13.6. The Balaban J connectivity index is 2.24. The minimum absolute atomic E-state index is 0.0807. The van der Waals surface area contributed by atoms with Crippen molar-refractivity contribution in [3.8, 4) is 0 Å². The molecule has 1 fully saturated rings. The van der Waals surface area contributed by atoms with Crippen LogP contribution in [0.4, 0.5) is 4.39 Å². The molecular weight excluding hydrogens is 359 g/mol. The average Bonchev–Trinajstić information content (AvgIpc) is 2.38. The Morgan fingerprint density at radius 1 is 1.38 bits per heavy atom. The second kappa shape index (κ2) is 6.73. The van der Waals surface area contributed by atoms with Gasteiger partial charge in [-0.05, 0) is 48.9 Å². The van der Waals surface area contributed by atoms with E-state index in [1.54, 1.807) is 0 Å². The molecule has 1 aliphatic carbocycles. The van der Waals surface area contributed by atoms with Gasteiger partial charge in [-0.15, -0.1) is 0 Å². The van der Waals surface area contributed by atoms with E-state index in [0.29, 0.717) is 17.3 Å². The van der Waals surface area contributed by atoms with E-state index < -0.39 is 9.84 Å². The maximum absolute atomic E-state index is 13.6. The number of nitrogens with two attached hydrogens (primary N) is 1. The Morgan fingerprint density at radius 2 is 2.10 bits per heavy atom. The minimum atomic E-state index is -3.05. The van der Waals surface area contributed by atoms with Gasteiger partial charge in [0, 0.05) is 16.8 Å². The predicted octanol–water partition coefficient (Wildman–Crippen LogP) is 2.70. The van der Waals surface area contributed by atoms with Gasteiger partial charge in [-0.1, -0.05) is 22.4 Å². The van der Waals surface area contributed by atoms with E-state index in [1.807, 2.05) is 6.07 Å². The van der Waals surface area contributed by atoms with Crippen molar-refractivity contribution in [3.05, 3.63) is 34.1 Å². The van der Waals surface area contributed by atoms with E-state index in [0.717, 1.165) is 18.4 Å². The molecule has 21 heavy (non-hydrogen) atoms. The Kier molecular flexibility index (Phi) is 5.40. The molecule has 3 N–H and O–H groups in total. The largest absolute Gasteiger partial charge is 0.271 e. The lowest BCUT2D eigenvalue weighted by atomic mass is 9.81. The second-order valence-corrected chi connectivity index (χ2v) is 8.97. The van der Waals surface area contributed by atoms with E-state index in [-0.39, 0.29) is 23.0 Å². The third kappa shape index (κ3) is 4.25. The van der Waals surface area contributed by atoms with Crippen LogP contribution in [0.3, 0.4) is 0 Å². The summed E-state index contributed by atoms with van der Waals surface area (Å²) in [6, 6.07) is 4.40. The van der Waals surface area contributed by atoms with Crippen molar-refractivity contribution >= 4 is 25.8 Å². The molecule has 0 aromatic heterocycles. The van der Waals surface area contributed by atoms with Gasteiger partial charge in [-0.3, -0.25) is 11.3 Å². The van der Waals surface area contributed by atoms with Gasteiger partial charge in [0.1, 0.15) is 15.7 Å². The molecule has 0 amide bonds. The summed E-state index contributed by atoms with van der Waals surface area (Å²) >= 11 is 3.27. The van der Waals surface area contributed by atoms with Gasteiger partial charge in [0.05, 0.1) is 5.25 Å². The summed E-state index contributed by atoms with van der Waals surface area (Å²) < 4.78 is 37.7. The third-order valence-electron chi connectivity index (χ3n) is 4.17. The number of halogens is 2. The van der Waals surface area contributed by atoms with Crippen LogP contribution >= 0.6 is 15.9 Å². The first-order chi connectivity index (χ1) is 9.81. The Bertz CT molecular complexity index is 589. The van der Waals surface area contributed by atoms with Gasteiger partial charge < -0.3 is 0 Å². The van der Waals surface area contributed by atoms with Crippen LogP contribution in [0.5, 0.6) is 0 Å². The first-order valence-electron chi connectivity index (χ1n) is 6.92.